The maximum absolute atomic E-state index is 12.9. The lowest BCUT2D eigenvalue weighted by molar-refractivity contribution is -0.131. The van der Waals surface area contributed by atoms with Gasteiger partial charge in [-0.1, -0.05) is 58.0 Å². The first-order valence-corrected chi connectivity index (χ1v) is 10.5. The largest absolute Gasteiger partial charge is 0.442 e. The minimum Gasteiger partial charge on any atom is -0.442 e. The summed E-state index contributed by atoms with van der Waals surface area (Å²) in [4.78, 5) is 37.7. The van der Waals surface area contributed by atoms with Crippen molar-refractivity contribution in [2.45, 2.75) is 65.6 Å². The molecule has 0 aromatic heterocycles. The zero-order valence-corrected chi connectivity index (χ0v) is 18.9. The molecule has 1 aromatic rings. The number of nitrogens with one attached hydrogen (secondary N) is 2. The van der Waals surface area contributed by atoms with Crippen molar-refractivity contribution in [3.8, 4) is 0 Å². The highest BCUT2D eigenvalue weighted by Crippen LogP contribution is 2.16. The number of carbonyl (C=O) groups excluding carboxylic acids is 3. The number of benzene rings is 1. The summed E-state index contributed by atoms with van der Waals surface area (Å²) < 4.78 is 10.4. The molecule has 1 rings (SSSR count). The lowest BCUT2D eigenvalue weighted by Gasteiger charge is -2.25. The van der Waals surface area contributed by atoms with Crippen LogP contribution in [-0.4, -0.2) is 43.6 Å². The predicted octanol–water partition coefficient (Wildman–Crippen LogP) is 3.63. The van der Waals surface area contributed by atoms with Crippen LogP contribution in [0.5, 0.6) is 0 Å². The number of Topliss-reactive ketones (excluding diaryl/α,β-unsaturated/α-hetero) is 1. The maximum Gasteiger partial charge on any atom is 0.408 e. The van der Waals surface area contributed by atoms with E-state index in [4.69, 9.17) is 9.47 Å². The summed E-state index contributed by atoms with van der Waals surface area (Å²) in [5.74, 6) is -0.221. The van der Waals surface area contributed by atoms with E-state index < -0.39 is 30.2 Å². The van der Waals surface area contributed by atoms with E-state index in [1.807, 2.05) is 58.0 Å². The molecule has 7 nitrogen and oxygen atoms in total. The van der Waals surface area contributed by atoms with Gasteiger partial charge in [-0.2, -0.15) is 0 Å². The van der Waals surface area contributed by atoms with Gasteiger partial charge in [0.2, 0.25) is 5.91 Å². The number of methoxy groups -OCH3 is 1. The van der Waals surface area contributed by atoms with Gasteiger partial charge in [0.1, 0.15) is 18.8 Å². The fraction of sp³-hybridized carbons (Fsp3) is 0.609. The van der Waals surface area contributed by atoms with Crippen molar-refractivity contribution in [1.29, 1.82) is 0 Å². The van der Waals surface area contributed by atoms with Gasteiger partial charge in [-0.3, -0.25) is 9.59 Å². The quantitative estimate of drug-likeness (QED) is 0.538. The molecule has 0 saturated heterocycles. The minimum absolute atomic E-state index is 0.0728. The van der Waals surface area contributed by atoms with E-state index in [1.165, 1.54) is 7.11 Å². The van der Waals surface area contributed by atoms with Crippen molar-refractivity contribution in [2.24, 2.45) is 11.8 Å². The number of hydrogen-bond donors (Lipinski definition) is 2. The van der Waals surface area contributed by atoms with Crippen LogP contribution in [-0.2, 0) is 19.1 Å². The van der Waals surface area contributed by atoms with Gasteiger partial charge in [0, 0.05) is 7.11 Å². The summed E-state index contributed by atoms with van der Waals surface area (Å²) in [6, 6.07) is 7.90. The van der Waals surface area contributed by atoms with Crippen molar-refractivity contribution in [2.75, 3.05) is 13.7 Å². The molecule has 0 spiro atoms. The third kappa shape index (κ3) is 9.39. The van der Waals surface area contributed by atoms with Gasteiger partial charge in [-0.25, -0.2) is 4.79 Å². The molecule has 0 heterocycles. The molecule has 0 bridgehead atoms. The summed E-state index contributed by atoms with van der Waals surface area (Å²) in [6.45, 7) is 9.57. The predicted molar refractivity (Wildman–Crippen MR) is 116 cm³/mol. The molecule has 0 aliphatic carbocycles. The zero-order chi connectivity index (χ0) is 22.7. The second kappa shape index (κ2) is 13.0. The van der Waals surface area contributed by atoms with Crippen LogP contribution in [0.2, 0.25) is 0 Å². The Bertz CT molecular complexity index is 675. The molecule has 0 radical (unpaired) electrons. The lowest BCUT2D eigenvalue weighted by atomic mass is 9.98. The van der Waals surface area contributed by atoms with E-state index in [2.05, 4.69) is 10.6 Å². The van der Waals surface area contributed by atoms with Crippen molar-refractivity contribution in [1.82, 2.24) is 10.6 Å². The second-order valence-electron chi connectivity index (χ2n) is 8.37. The van der Waals surface area contributed by atoms with Gasteiger partial charge in [-0.05, 0) is 37.2 Å². The van der Waals surface area contributed by atoms with Crippen LogP contribution in [0.3, 0.4) is 0 Å². The van der Waals surface area contributed by atoms with E-state index >= 15 is 0 Å². The summed E-state index contributed by atoms with van der Waals surface area (Å²) in [5, 5.41) is 5.45. The van der Waals surface area contributed by atoms with Crippen LogP contribution in [0.15, 0.2) is 30.3 Å². The minimum atomic E-state index is -0.800. The normalized spacial score (nSPS) is 14.1. The van der Waals surface area contributed by atoms with Crippen LogP contribution in [0.25, 0.3) is 0 Å². The first-order valence-electron chi connectivity index (χ1n) is 10.5. The third-order valence-corrected chi connectivity index (χ3v) is 4.57. The van der Waals surface area contributed by atoms with E-state index in [1.54, 1.807) is 6.92 Å². The molecule has 7 heteroatoms. The Balaban J connectivity index is 2.81. The molecule has 0 fully saturated rings. The number of hydrogen-bond acceptors (Lipinski definition) is 5. The number of alkyl carbamates (subject to hydrolysis) is 1. The van der Waals surface area contributed by atoms with Crippen molar-refractivity contribution >= 4 is 17.8 Å². The van der Waals surface area contributed by atoms with Gasteiger partial charge in [0.25, 0.3) is 0 Å². The number of ether oxygens (including phenoxy) is 2. The monoisotopic (exact) mass is 420 g/mol. The summed E-state index contributed by atoms with van der Waals surface area (Å²) in [6.07, 6.45) is -0.201. The second-order valence-corrected chi connectivity index (χ2v) is 8.37. The summed E-state index contributed by atoms with van der Waals surface area (Å²) in [7, 11) is 1.44. The molecule has 3 atom stereocenters. The molecular weight excluding hydrogens is 384 g/mol. The van der Waals surface area contributed by atoms with E-state index in [-0.39, 0.29) is 24.2 Å². The number of rotatable bonds is 12. The molecule has 30 heavy (non-hydrogen) atoms. The maximum atomic E-state index is 12.9. The van der Waals surface area contributed by atoms with Gasteiger partial charge in [0.05, 0.1) is 6.04 Å². The molecule has 0 saturated carbocycles. The fourth-order valence-electron chi connectivity index (χ4n) is 3.09. The number of carbonyl (C=O) groups is 3. The van der Waals surface area contributed by atoms with Crippen LogP contribution in [0.1, 0.15) is 59.1 Å². The van der Waals surface area contributed by atoms with Crippen LogP contribution >= 0.6 is 0 Å². The first kappa shape index (κ1) is 25.6. The van der Waals surface area contributed by atoms with Gasteiger partial charge < -0.3 is 20.1 Å². The number of ketones is 1. The summed E-state index contributed by atoms with van der Waals surface area (Å²) in [5.41, 5.74) is 0.861. The fourth-order valence-corrected chi connectivity index (χ4v) is 3.09. The van der Waals surface area contributed by atoms with E-state index in [0.29, 0.717) is 12.8 Å². The number of amides is 2. The highest BCUT2D eigenvalue weighted by Gasteiger charge is 2.28. The SMILES string of the molecule is COCC(=O)[C@H](CC(C)C)NC(=O)[C@H](CC(C)C)NC(=O)O[C@@H](C)c1ccccc1. The Hall–Kier alpha value is -2.41. The highest BCUT2D eigenvalue weighted by molar-refractivity contribution is 5.92. The Morgan fingerprint density at radius 3 is 1.97 bits per heavy atom. The average molecular weight is 421 g/mol. The molecule has 2 N–H and O–H groups in total. The molecular formula is C23H36N2O5. The van der Waals surface area contributed by atoms with Crippen molar-refractivity contribution < 1.29 is 23.9 Å². The Kier molecular flexibility index (Phi) is 11.1. The Morgan fingerprint density at radius 1 is 0.867 bits per heavy atom. The first-order chi connectivity index (χ1) is 14.1. The lowest BCUT2D eigenvalue weighted by Crippen LogP contribution is -2.53. The molecule has 0 aliphatic heterocycles. The van der Waals surface area contributed by atoms with E-state index in [9.17, 15) is 14.4 Å². The van der Waals surface area contributed by atoms with E-state index in [0.717, 1.165) is 5.56 Å². The van der Waals surface area contributed by atoms with Gasteiger partial charge in [-0.15, -0.1) is 0 Å². The van der Waals surface area contributed by atoms with Crippen molar-refractivity contribution in [3.05, 3.63) is 35.9 Å². The average Bonchev–Trinajstić information content (AvgIpc) is 2.67. The smallest absolute Gasteiger partial charge is 0.408 e. The molecule has 1 aromatic carbocycles. The zero-order valence-electron chi connectivity index (χ0n) is 18.9. The third-order valence-electron chi connectivity index (χ3n) is 4.57. The molecule has 2 amide bonds. The standard InChI is InChI=1S/C23H36N2O5/c1-15(2)12-19(21(26)14-29-6)24-22(27)20(13-16(3)4)25-23(28)30-17(5)18-10-8-7-9-11-18/h7-11,15-17,19-20H,12-14H2,1-6H3,(H,24,27)(H,25,28)/t17-,19-,20-/m0/s1. The van der Waals surface area contributed by atoms with Crippen LogP contribution in [0.4, 0.5) is 4.79 Å². The Morgan fingerprint density at radius 2 is 1.43 bits per heavy atom. The Labute approximate surface area is 179 Å². The highest BCUT2D eigenvalue weighted by atomic mass is 16.6. The van der Waals surface area contributed by atoms with Crippen molar-refractivity contribution in [3.63, 3.8) is 0 Å². The topological polar surface area (TPSA) is 93.7 Å². The van der Waals surface area contributed by atoms with Crippen LogP contribution in [0, 0.1) is 11.8 Å². The molecule has 0 unspecified atom stereocenters. The van der Waals surface area contributed by atoms with Gasteiger partial charge >= 0.3 is 6.09 Å². The van der Waals surface area contributed by atoms with Gasteiger partial charge in [0.15, 0.2) is 5.78 Å². The molecule has 168 valence electrons. The molecule has 0 aliphatic rings. The van der Waals surface area contributed by atoms with Crippen LogP contribution < -0.4 is 10.6 Å². The summed E-state index contributed by atoms with van der Waals surface area (Å²) >= 11 is 0.